The van der Waals surface area contributed by atoms with Gasteiger partial charge < -0.3 is 24.8 Å². The highest BCUT2D eigenvalue weighted by Crippen LogP contribution is 2.38. The Labute approximate surface area is 184 Å². The fourth-order valence-corrected chi connectivity index (χ4v) is 2.68. The zero-order valence-electron chi connectivity index (χ0n) is 15.9. The Hall–Kier alpha value is -2.31. The van der Waals surface area contributed by atoms with Crippen molar-refractivity contribution in [2.75, 3.05) is 19.9 Å². The molecule has 29 heavy (non-hydrogen) atoms. The van der Waals surface area contributed by atoms with Gasteiger partial charge in [-0.2, -0.15) is 13.9 Å². The van der Waals surface area contributed by atoms with Gasteiger partial charge in [-0.1, -0.05) is 0 Å². The van der Waals surface area contributed by atoms with Crippen molar-refractivity contribution in [1.29, 1.82) is 0 Å². The average Bonchev–Trinajstić information content (AvgIpc) is 3.33. The molecule has 0 amide bonds. The number of hydrogen-bond acceptors (Lipinski definition) is 5. The molecule has 2 aromatic rings. The van der Waals surface area contributed by atoms with Crippen LogP contribution in [-0.2, 0) is 13.1 Å². The third-order valence-corrected chi connectivity index (χ3v) is 3.94. The molecule has 0 atom stereocenters. The molecule has 0 spiro atoms. The molecule has 0 radical (unpaired) electrons. The van der Waals surface area contributed by atoms with Gasteiger partial charge in [-0.25, -0.2) is 4.99 Å². The zero-order valence-corrected chi connectivity index (χ0v) is 18.3. The topological polar surface area (TPSA) is 81.9 Å². The van der Waals surface area contributed by atoms with Crippen molar-refractivity contribution < 1.29 is 23.0 Å². The van der Waals surface area contributed by atoms with Crippen LogP contribution in [0.1, 0.15) is 18.9 Å². The second-order valence-corrected chi connectivity index (χ2v) is 5.94. The van der Waals surface area contributed by atoms with Gasteiger partial charge in [0.2, 0.25) is 6.79 Å². The Morgan fingerprint density at radius 1 is 1.31 bits per heavy atom. The van der Waals surface area contributed by atoms with Gasteiger partial charge in [0.15, 0.2) is 17.5 Å². The highest BCUT2D eigenvalue weighted by molar-refractivity contribution is 14.0. The average molecular weight is 523 g/mol. The van der Waals surface area contributed by atoms with Gasteiger partial charge in [0.05, 0.1) is 6.54 Å². The van der Waals surface area contributed by atoms with Crippen LogP contribution in [0.3, 0.4) is 0 Å². The van der Waals surface area contributed by atoms with Crippen molar-refractivity contribution in [2.24, 2.45) is 4.99 Å². The zero-order chi connectivity index (χ0) is 19.8. The lowest BCUT2D eigenvalue weighted by Gasteiger charge is -2.13. The summed E-state index contributed by atoms with van der Waals surface area (Å²) in [6.45, 7) is 1.36. The van der Waals surface area contributed by atoms with E-state index in [1.54, 1.807) is 12.3 Å². The number of alkyl halides is 2. The van der Waals surface area contributed by atoms with E-state index < -0.39 is 6.61 Å². The highest BCUT2D eigenvalue weighted by atomic mass is 127. The van der Waals surface area contributed by atoms with Crippen LogP contribution in [0.2, 0.25) is 0 Å². The van der Waals surface area contributed by atoms with Gasteiger partial charge >= 0.3 is 6.61 Å². The van der Waals surface area contributed by atoms with Gasteiger partial charge in [-0.05, 0) is 25.5 Å². The molecule has 11 heteroatoms. The molecule has 0 aliphatic carbocycles. The second-order valence-electron chi connectivity index (χ2n) is 5.94. The maximum Gasteiger partial charge on any atom is 0.387 e. The Bertz CT molecular complexity index is 790. The molecule has 1 aromatic carbocycles. The number of rotatable bonds is 9. The number of ether oxygens (including phenoxy) is 3. The molecule has 3 rings (SSSR count). The van der Waals surface area contributed by atoms with Crippen LogP contribution in [0.5, 0.6) is 17.2 Å². The Balaban J connectivity index is 0.00000300. The van der Waals surface area contributed by atoms with E-state index in [0.717, 1.165) is 13.0 Å². The van der Waals surface area contributed by atoms with Gasteiger partial charge in [-0.15, -0.1) is 24.0 Å². The monoisotopic (exact) mass is 523 g/mol. The minimum Gasteiger partial charge on any atom is -0.454 e. The number of aliphatic imine (C=N–C) groups is 1. The maximum atomic E-state index is 12.7. The van der Waals surface area contributed by atoms with E-state index in [0.29, 0.717) is 36.1 Å². The maximum absolute atomic E-state index is 12.7. The number of aromatic nitrogens is 2. The second kappa shape index (κ2) is 11.6. The first kappa shape index (κ1) is 23.0. The van der Waals surface area contributed by atoms with Crippen molar-refractivity contribution in [2.45, 2.75) is 33.0 Å². The van der Waals surface area contributed by atoms with Crippen LogP contribution in [0.4, 0.5) is 8.78 Å². The number of halogens is 3. The van der Waals surface area contributed by atoms with Crippen LogP contribution >= 0.6 is 24.0 Å². The molecule has 8 nitrogen and oxygen atoms in total. The van der Waals surface area contributed by atoms with E-state index in [1.165, 1.54) is 6.07 Å². The van der Waals surface area contributed by atoms with Crippen molar-refractivity contribution in [3.8, 4) is 17.2 Å². The molecule has 0 bridgehead atoms. The first-order valence-corrected chi connectivity index (χ1v) is 9.02. The quantitative estimate of drug-likeness (QED) is 0.228. The van der Waals surface area contributed by atoms with E-state index >= 15 is 0 Å². The summed E-state index contributed by atoms with van der Waals surface area (Å²) in [7, 11) is 0. The molecular formula is C18H24F2IN5O3. The van der Waals surface area contributed by atoms with Crippen LogP contribution in [0.15, 0.2) is 35.6 Å². The standard InChI is InChI=1S/C18H23F2N5O3.HI/c1-2-21-18(22-5-3-7-25-8-4-6-24-25)23-11-13-9-15-16(27-12-26-15)10-14(13)28-17(19)20;/h4,6,8-10,17H,2-3,5,7,11-12H2,1H3,(H2,21,22,23);1H. The Morgan fingerprint density at radius 3 is 2.79 bits per heavy atom. The molecule has 1 aliphatic rings. The SMILES string of the molecule is CCNC(=NCc1cc2c(cc1OC(F)F)OCO2)NCCCn1cccn1.I. The van der Waals surface area contributed by atoms with Gasteiger partial charge in [0.25, 0.3) is 0 Å². The predicted molar refractivity (Wildman–Crippen MR) is 114 cm³/mol. The summed E-state index contributed by atoms with van der Waals surface area (Å²) >= 11 is 0. The summed E-state index contributed by atoms with van der Waals surface area (Å²) in [6.07, 6.45) is 4.50. The third-order valence-electron chi connectivity index (χ3n) is 3.94. The number of nitrogens with zero attached hydrogens (tertiary/aromatic N) is 3. The van der Waals surface area contributed by atoms with Crippen molar-refractivity contribution in [3.63, 3.8) is 0 Å². The van der Waals surface area contributed by atoms with E-state index in [2.05, 4.69) is 25.5 Å². The first-order valence-electron chi connectivity index (χ1n) is 9.02. The molecule has 0 saturated heterocycles. The number of guanidine groups is 1. The summed E-state index contributed by atoms with van der Waals surface area (Å²) in [4.78, 5) is 4.46. The molecule has 2 heterocycles. The van der Waals surface area contributed by atoms with E-state index in [4.69, 9.17) is 9.47 Å². The van der Waals surface area contributed by atoms with Crippen LogP contribution in [-0.4, -0.2) is 42.2 Å². The fourth-order valence-electron chi connectivity index (χ4n) is 2.68. The summed E-state index contributed by atoms with van der Waals surface area (Å²) in [5.74, 6) is 1.48. The lowest BCUT2D eigenvalue weighted by atomic mass is 10.1. The summed E-state index contributed by atoms with van der Waals surface area (Å²) in [5, 5.41) is 10.5. The number of aryl methyl sites for hydroxylation is 1. The molecule has 2 N–H and O–H groups in total. The minimum absolute atomic E-state index is 0. The molecule has 1 aliphatic heterocycles. The van der Waals surface area contributed by atoms with Crippen molar-refractivity contribution in [3.05, 3.63) is 36.2 Å². The normalized spacial score (nSPS) is 12.6. The lowest BCUT2D eigenvalue weighted by Crippen LogP contribution is -2.38. The van der Waals surface area contributed by atoms with Crippen molar-refractivity contribution >= 4 is 29.9 Å². The van der Waals surface area contributed by atoms with Crippen LogP contribution in [0.25, 0.3) is 0 Å². The number of benzene rings is 1. The number of hydrogen-bond donors (Lipinski definition) is 2. The molecule has 1 aromatic heterocycles. The Kier molecular flexibility index (Phi) is 9.22. The van der Waals surface area contributed by atoms with E-state index in [-0.39, 0.29) is 43.1 Å². The molecule has 160 valence electrons. The van der Waals surface area contributed by atoms with E-state index in [1.807, 2.05) is 23.9 Å². The smallest absolute Gasteiger partial charge is 0.387 e. The fraction of sp³-hybridized carbons (Fsp3) is 0.444. The first-order chi connectivity index (χ1) is 13.7. The van der Waals surface area contributed by atoms with Gasteiger partial charge in [0.1, 0.15) is 5.75 Å². The summed E-state index contributed by atoms with van der Waals surface area (Å²) < 4.78 is 42.5. The summed E-state index contributed by atoms with van der Waals surface area (Å²) in [6, 6.07) is 4.90. The molecular weight excluding hydrogens is 499 g/mol. The highest BCUT2D eigenvalue weighted by Gasteiger charge is 2.20. The largest absolute Gasteiger partial charge is 0.454 e. The molecule has 0 saturated carbocycles. The van der Waals surface area contributed by atoms with Crippen molar-refractivity contribution in [1.82, 2.24) is 20.4 Å². The van der Waals surface area contributed by atoms with Gasteiger partial charge in [0, 0.05) is 43.7 Å². The molecule has 0 fully saturated rings. The summed E-state index contributed by atoms with van der Waals surface area (Å²) in [5.41, 5.74) is 0.485. The number of nitrogens with one attached hydrogen (secondary N) is 2. The number of fused-ring (bicyclic) bond motifs is 1. The molecule has 0 unspecified atom stereocenters. The lowest BCUT2D eigenvalue weighted by molar-refractivity contribution is -0.0505. The van der Waals surface area contributed by atoms with Crippen LogP contribution in [0, 0.1) is 0 Å². The third kappa shape index (κ3) is 6.91. The minimum atomic E-state index is -2.93. The Morgan fingerprint density at radius 2 is 2.10 bits per heavy atom. The predicted octanol–water partition coefficient (Wildman–Crippen LogP) is 2.98. The van der Waals surface area contributed by atoms with E-state index in [9.17, 15) is 8.78 Å². The van der Waals surface area contributed by atoms with Gasteiger partial charge in [-0.3, -0.25) is 4.68 Å². The van der Waals surface area contributed by atoms with Crippen LogP contribution < -0.4 is 24.8 Å².